The number of anilines is 1. The second-order valence-electron chi connectivity index (χ2n) is 2.14. The number of nitrogens with one attached hydrogen (secondary N) is 1. The zero-order valence-corrected chi connectivity index (χ0v) is 7.28. The number of hydrogen-bond acceptors (Lipinski definition) is 3. The van der Waals surface area contributed by atoms with Crippen molar-refractivity contribution in [3.63, 3.8) is 0 Å². The maximum absolute atomic E-state index is 4.94. The van der Waals surface area contributed by atoms with E-state index >= 15 is 0 Å². The van der Waals surface area contributed by atoms with E-state index in [0.717, 1.165) is 5.69 Å². The molecule has 2 rings (SSSR count). The summed E-state index contributed by atoms with van der Waals surface area (Å²) >= 11 is 6.64. The Morgan fingerprint density at radius 2 is 2.45 bits per heavy atom. The summed E-state index contributed by atoms with van der Waals surface area (Å²) in [5, 5.41) is 2.04. The van der Waals surface area contributed by atoms with Gasteiger partial charge in [-0.2, -0.15) is 5.43 Å². The Labute approximate surface area is 74.4 Å². The van der Waals surface area contributed by atoms with E-state index in [1.165, 1.54) is 8.97 Å². The molecule has 0 saturated heterocycles. The highest BCUT2D eigenvalue weighted by molar-refractivity contribution is 7.51. The molecule has 56 valence electrons. The van der Waals surface area contributed by atoms with Gasteiger partial charge in [-0.3, -0.25) is 0 Å². The highest BCUT2D eigenvalue weighted by Crippen LogP contribution is 2.24. The van der Waals surface area contributed by atoms with Crippen LogP contribution in [0.4, 0.5) is 5.69 Å². The highest BCUT2D eigenvalue weighted by atomic mass is 32.1. The number of nitrogens with zero attached hydrogens (tertiary/aromatic N) is 1. The minimum Gasteiger partial charge on any atom is -0.396 e. The van der Waals surface area contributed by atoms with Crippen LogP contribution in [0.5, 0.6) is 0 Å². The van der Waals surface area contributed by atoms with E-state index in [9.17, 15) is 0 Å². The van der Waals surface area contributed by atoms with E-state index in [0.29, 0.717) is 0 Å². The standard InChI is InChI=1S/C7H6N2S2/c10-9-4-1-2-7-6(8-9)3-5-11-7/h1-5,8H. The van der Waals surface area contributed by atoms with Gasteiger partial charge >= 0.3 is 0 Å². The van der Waals surface area contributed by atoms with Crippen molar-refractivity contribution in [2.45, 2.75) is 0 Å². The zero-order valence-electron chi connectivity index (χ0n) is 5.65. The Kier molecular flexibility index (Phi) is 1.63. The van der Waals surface area contributed by atoms with E-state index in [-0.39, 0.29) is 0 Å². The van der Waals surface area contributed by atoms with Crippen LogP contribution in [0.3, 0.4) is 0 Å². The number of hydrazine groups is 1. The normalized spacial score (nSPS) is 14.7. The first-order chi connectivity index (χ1) is 5.36. The molecule has 4 heteroatoms. The lowest BCUT2D eigenvalue weighted by molar-refractivity contribution is -0.297. The van der Waals surface area contributed by atoms with Crippen LogP contribution in [-0.4, -0.2) is 10.3 Å². The molecule has 0 radical (unpaired) electrons. The Hall–Kier alpha value is -0.870. The maximum atomic E-state index is 4.94. The number of thiophene rings is 1. The fraction of sp³-hybridized carbons (Fsp3) is 0. The van der Waals surface area contributed by atoms with E-state index in [1.807, 2.05) is 29.8 Å². The van der Waals surface area contributed by atoms with Crippen LogP contribution in [0, 0.1) is 0 Å². The van der Waals surface area contributed by atoms with Crippen molar-refractivity contribution < 1.29 is 4.09 Å². The largest absolute Gasteiger partial charge is 0.396 e. The van der Waals surface area contributed by atoms with Gasteiger partial charge in [-0.15, -0.1) is 11.3 Å². The van der Waals surface area contributed by atoms with Gasteiger partial charge in [-0.25, -0.2) is 4.09 Å². The summed E-state index contributed by atoms with van der Waals surface area (Å²) in [6, 6.07) is 2.02. The van der Waals surface area contributed by atoms with Crippen molar-refractivity contribution in [2.75, 3.05) is 5.43 Å². The molecule has 0 amide bonds. The molecule has 0 bridgehead atoms. The lowest BCUT2D eigenvalue weighted by atomic mass is 10.4. The molecule has 0 fully saturated rings. The van der Waals surface area contributed by atoms with Crippen molar-refractivity contribution in [3.05, 3.63) is 22.4 Å². The highest BCUT2D eigenvalue weighted by Gasteiger charge is 2.04. The minimum absolute atomic E-state index is 1.08. The van der Waals surface area contributed by atoms with Gasteiger partial charge in [0.15, 0.2) is 6.21 Å². The molecule has 1 N–H and O–H groups in total. The van der Waals surface area contributed by atoms with Crippen molar-refractivity contribution in [3.8, 4) is 0 Å². The van der Waals surface area contributed by atoms with Crippen LogP contribution < -0.4 is 5.43 Å². The van der Waals surface area contributed by atoms with Crippen molar-refractivity contribution >= 4 is 42.1 Å². The molecule has 0 spiro atoms. The molecular weight excluding hydrogens is 176 g/mol. The predicted octanol–water partition coefficient (Wildman–Crippen LogP) is 1.65. The molecule has 0 aliphatic carbocycles. The number of fused-ring (bicyclic) bond motifs is 1. The molecule has 11 heavy (non-hydrogen) atoms. The molecule has 0 unspecified atom stereocenters. The number of allylic oxidation sites excluding steroid dienone is 1. The summed E-state index contributed by atoms with van der Waals surface area (Å²) in [4.78, 5) is 1.22. The molecule has 1 aromatic heterocycles. The first kappa shape index (κ1) is 6.82. The number of rotatable bonds is 0. The van der Waals surface area contributed by atoms with Crippen LogP contribution in [-0.2, 0) is 12.8 Å². The van der Waals surface area contributed by atoms with E-state index in [4.69, 9.17) is 12.8 Å². The summed E-state index contributed by atoms with van der Waals surface area (Å²) in [7, 11) is 0. The molecule has 0 atom stereocenters. The van der Waals surface area contributed by atoms with Gasteiger partial charge in [0, 0.05) is 6.08 Å². The second-order valence-corrected chi connectivity index (χ2v) is 3.49. The summed E-state index contributed by atoms with van der Waals surface area (Å²) in [5.41, 5.74) is 4.12. The number of hydrazone groups is 1. The topological polar surface area (TPSA) is 15.0 Å². The summed E-state index contributed by atoms with van der Waals surface area (Å²) in [6.07, 6.45) is 5.78. The van der Waals surface area contributed by atoms with Crippen molar-refractivity contribution in [2.24, 2.45) is 0 Å². The molecule has 2 heterocycles. The van der Waals surface area contributed by atoms with E-state index in [1.54, 1.807) is 11.3 Å². The third-order valence-corrected chi connectivity index (χ3v) is 2.49. The summed E-state index contributed by atoms with van der Waals surface area (Å²) in [5.74, 6) is 0. The van der Waals surface area contributed by atoms with Crippen LogP contribution in [0.1, 0.15) is 4.88 Å². The van der Waals surface area contributed by atoms with Crippen LogP contribution in [0.2, 0.25) is 0 Å². The quantitative estimate of drug-likeness (QED) is 0.484. The second kappa shape index (κ2) is 2.64. The lowest BCUT2D eigenvalue weighted by Crippen LogP contribution is -2.11. The van der Waals surface area contributed by atoms with E-state index in [2.05, 4.69) is 5.43 Å². The predicted molar refractivity (Wildman–Crippen MR) is 50.7 cm³/mol. The first-order valence-electron chi connectivity index (χ1n) is 3.18. The van der Waals surface area contributed by atoms with Gasteiger partial charge in [-0.1, -0.05) is 0 Å². The van der Waals surface area contributed by atoms with Gasteiger partial charge in [-0.05, 0) is 17.5 Å². The third kappa shape index (κ3) is 1.27. The molecule has 1 aliphatic rings. The Bertz CT molecular complexity index is 325. The fourth-order valence-electron chi connectivity index (χ4n) is 0.907. The molecular formula is C7H6N2S2. The van der Waals surface area contributed by atoms with Gasteiger partial charge in [0.1, 0.15) is 5.69 Å². The first-order valence-corrected chi connectivity index (χ1v) is 4.43. The zero-order chi connectivity index (χ0) is 7.68. The van der Waals surface area contributed by atoms with Crippen LogP contribution in [0.15, 0.2) is 17.5 Å². The average molecular weight is 182 g/mol. The van der Waals surface area contributed by atoms with Gasteiger partial charge in [0.2, 0.25) is 0 Å². The van der Waals surface area contributed by atoms with Crippen LogP contribution in [0.25, 0.3) is 6.08 Å². The monoisotopic (exact) mass is 182 g/mol. The SMILES string of the molecule is [S-][N+]1=CC=Cc2sccc2N1. The average Bonchev–Trinajstić information content (AvgIpc) is 2.31. The maximum Gasteiger partial charge on any atom is 0.176 e. The molecule has 0 aromatic carbocycles. The smallest absolute Gasteiger partial charge is 0.176 e. The van der Waals surface area contributed by atoms with Crippen LogP contribution >= 0.6 is 11.3 Å². The van der Waals surface area contributed by atoms with Crippen molar-refractivity contribution in [1.82, 2.24) is 0 Å². The number of hydrogen-bond donors (Lipinski definition) is 1. The molecule has 1 aromatic rings. The fourth-order valence-corrected chi connectivity index (χ4v) is 1.82. The Morgan fingerprint density at radius 3 is 3.36 bits per heavy atom. The van der Waals surface area contributed by atoms with Gasteiger partial charge in [0.05, 0.1) is 4.88 Å². The van der Waals surface area contributed by atoms with Gasteiger partial charge in [0.25, 0.3) is 0 Å². The summed E-state index contributed by atoms with van der Waals surface area (Å²) < 4.78 is 1.52. The van der Waals surface area contributed by atoms with Crippen molar-refractivity contribution in [1.29, 1.82) is 0 Å². The lowest BCUT2D eigenvalue weighted by Gasteiger charge is -2.03. The molecule has 1 aliphatic heterocycles. The molecule has 2 nitrogen and oxygen atoms in total. The Morgan fingerprint density at radius 1 is 1.55 bits per heavy atom. The van der Waals surface area contributed by atoms with E-state index < -0.39 is 0 Å². The van der Waals surface area contributed by atoms with Gasteiger partial charge < -0.3 is 12.8 Å². The minimum atomic E-state index is 1.08. The summed E-state index contributed by atoms with van der Waals surface area (Å²) in [6.45, 7) is 0. The Balaban J connectivity index is 2.47. The third-order valence-electron chi connectivity index (χ3n) is 1.39. The molecule has 0 saturated carbocycles.